The topological polar surface area (TPSA) is 95.7 Å². The molecule has 0 spiro atoms. The van der Waals surface area contributed by atoms with E-state index in [1.54, 1.807) is 45.4 Å². The molecule has 2 aromatic carbocycles. The number of methoxy groups -OCH3 is 2. The van der Waals surface area contributed by atoms with Crippen molar-refractivity contribution in [2.75, 3.05) is 20.8 Å². The highest BCUT2D eigenvalue weighted by atomic mass is 79.9. The highest BCUT2D eigenvalue weighted by molar-refractivity contribution is 9.10. The van der Waals surface area contributed by atoms with Crippen LogP contribution in [-0.4, -0.2) is 36.8 Å². The van der Waals surface area contributed by atoms with Crippen molar-refractivity contribution in [3.8, 4) is 17.2 Å². The van der Waals surface area contributed by atoms with Gasteiger partial charge in [0, 0.05) is 17.9 Å². The van der Waals surface area contributed by atoms with E-state index >= 15 is 0 Å². The molecule has 3 rings (SSSR count). The SMILES string of the molecule is COc1cc(Br)c(CCNC(=O)c2ccccc2OCc2noc(C)n2)cc1OC. The number of carbonyl (C=O) groups excluding carboxylic acids is 1. The summed E-state index contributed by atoms with van der Waals surface area (Å²) in [4.78, 5) is 16.8. The number of aromatic nitrogens is 2. The monoisotopic (exact) mass is 475 g/mol. The van der Waals surface area contributed by atoms with E-state index in [9.17, 15) is 4.79 Å². The first kappa shape index (κ1) is 21.6. The molecule has 0 unspecified atom stereocenters. The van der Waals surface area contributed by atoms with Crippen molar-refractivity contribution in [1.29, 1.82) is 0 Å². The van der Waals surface area contributed by atoms with Gasteiger partial charge in [0.2, 0.25) is 11.7 Å². The molecule has 158 valence electrons. The fraction of sp³-hybridized carbons (Fsp3) is 0.286. The summed E-state index contributed by atoms with van der Waals surface area (Å²) in [6.07, 6.45) is 0.609. The molecular formula is C21H22BrN3O5. The Bertz CT molecular complexity index is 1020. The third-order valence-electron chi connectivity index (χ3n) is 4.29. The van der Waals surface area contributed by atoms with Crippen molar-refractivity contribution in [2.24, 2.45) is 0 Å². The van der Waals surface area contributed by atoms with E-state index in [-0.39, 0.29) is 12.5 Å². The average Bonchev–Trinajstić information content (AvgIpc) is 3.18. The first-order chi connectivity index (χ1) is 14.5. The zero-order valence-corrected chi connectivity index (χ0v) is 18.5. The quantitative estimate of drug-likeness (QED) is 0.503. The highest BCUT2D eigenvalue weighted by Gasteiger charge is 2.14. The molecule has 0 saturated carbocycles. The van der Waals surface area contributed by atoms with Gasteiger partial charge in [0.15, 0.2) is 18.1 Å². The molecule has 3 aromatic rings. The van der Waals surface area contributed by atoms with Crippen molar-refractivity contribution in [1.82, 2.24) is 15.5 Å². The summed E-state index contributed by atoms with van der Waals surface area (Å²) in [6, 6.07) is 10.8. The smallest absolute Gasteiger partial charge is 0.255 e. The summed E-state index contributed by atoms with van der Waals surface area (Å²) in [5.74, 6) is 2.37. The summed E-state index contributed by atoms with van der Waals surface area (Å²) in [6.45, 7) is 2.25. The number of benzene rings is 2. The zero-order valence-electron chi connectivity index (χ0n) is 16.9. The number of hydrogen-bond donors (Lipinski definition) is 1. The molecule has 1 aromatic heterocycles. The number of rotatable bonds is 9. The van der Waals surface area contributed by atoms with Gasteiger partial charge in [0.05, 0.1) is 19.8 Å². The number of nitrogens with one attached hydrogen (secondary N) is 1. The molecule has 0 fully saturated rings. The molecule has 0 aliphatic heterocycles. The van der Waals surface area contributed by atoms with Crippen LogP contribution in [0.4, 0.5) is 0 Å². The number of carbonyl (C=O) groups is 1. The summed E-state index contributed by atoms with van der Waals surface area (Å²) in [5, 5.41) is 6.71. The molecule has 0 saturated heterocycles. The van der Waals surface area contributed by atoms with Gasteiger partial charge in [-0.25, -0.2) is 0 Å². The molecule has 9 heteroatoms. The van der Waals surface area contributed by atoms with Crippen LogP contribution in [-0.2, 0) is 13.0 Å². The van der Waals surface area contributed by atoms with E-state index in [1.165, 1.54) is 0 Å². The number of hydrogen-bond acceptors (Lipinski definition) is 7. The largest absolute Gasteiger partial charge is 0.493 e. The van der Waals surface area contributed by atoms with Gasteiger partial charge in [0.1, 0.15) is 5.75 Å². The minimum atomic E-state index is -0.230. The Balaban J connectivity index is 1.61. The van der Waals surface area contributed by atoms with E-state index in [0.717, 1.165) is 10.0 Å². The van der Waals surface area contributed by atoms with Crippen LogP contribution in [0.2, 0.25) is 0 Å². The van der Waals surface area contributed by atoms with Gasteiger partial charge < -0.3 is 24.1 Å². The minimum absolute atomic E-state index is 0.111. The van der Waals surface area contributed by atoms with Crippen LogP contribution in [0.1, 0.15) is 27.6 Å². The molecule has 30 heavy (non-hydrogen) atoms. The maximum Gasteiger partial charge on any atom is 0.255 e. The fourth-order valence-electron chi connectivity index (χ4n) is 2.82. The van der Waals surface area contributed by atoms with E-state index in [2.05, 4.69) is 31.4 Å². The number of nitrogens with zero attached hydrogens (tertiary/aromatic N) is 2. The van der Waals surface area contributed by atoms with Crippen LogP contribution in [0.5, 0.6) is 17.2 Å². The van der Waals surface area contributed by atoms with Crippen molar-refractivity contribution in [3.63, 3.8) is 0 Å². The molecule has 0 radical (unpaired) electrons. The van der Waals surface area contributed by atoms with E-state index in [0.29, 0.717) is 47.5 Å². The first-order valence-corrected chi connectivity index (χ1v) is 10.0. The van der Waals surface area contributed by atoms with Gasteiger partial charge in [-0.05, 0) is 36.2 Å². The predicted octanol–water partition coefficient (Wildman–Crippen LogP) is 3.71. The lowest BCUT2D eigenvalue weighted by Crippen LogP contribution is -2.26. The molecular weight excluding hydrogens is 454 g/mol. The Labute approximate surface area is 182 Å². The van der Waals surface area contributed by atoms with Crippen LogP contribution >= 0.6 is 15.9 Å². The Morgan fingerprint density at radius 3 is 2.57 bits per heavy atom. The first-order valence-electron chi connectivity index (χ1n) is 9.21. The lowest BCUT2D eigenvalue weighted by molar-refractivity contribution is 0.0949. The second-order valence-electron chi connectivity index (χ2n) is 6.32. The Morgan fingerprint density at radius 1 is 1.13 bits per heavy atom. The second-order valence-corrected chi connectivity index (χ2v) is 7.17. The van der Waals surface area contributed by atoms with Crippen molar-refractivity contribution < 1.29 is 23.5 Å². The number of amides is 1. The molecule has 0 aliphatic rings. The van der Waals surface area contributed by atoms with Crippen molar-refractivity contribution >= 4 is 21.8 Å². The molecule has 8 nitrogen and oxygen atoms in total. The number of ether oxygens (including phenoxy) is 3. The van der Waals surface area contributed by atoms with Gasteiger partial charge in [-0.3, -0.25) is 4.79 Å². The lowest BCUT2D eigenvalue weighted by atomic mass is 10.1. The molecule has 1 amide bonds. The van der Waals surface area contributed by atoms with E-state index in [1.807, 2.05) is 12.1 Å². The molecule has 0 aliphatic carbocycles. The van der Waals surface area contributed by atoms with Gasteiger partial charge in [-0.2, -0.15) is 4.98 Å². The molecule has 1 N–H and O–H groups in total. The Hall–Kier alpha value is -3.07. The normalized spacial score (nSPS) is 10.5. The Morgan fingerprint density at radius 2 is 1.87 bits per heavy atom. The van der Waals surface area contributed by atoms with Crippen LogP contribution < -0.4 is 19.5 Å². The summed E-state index contributed by atoms with van der Waals surface area (Å²) >= 11 is 3.53. The maximum atomic E-state index is 12.7. The third-order valence-corrected chi connectivity index (χ3v) is 5.03. The number of aryl methyl sites for hydroxylation is 1. The van der Waals surface area contributed by atoms with Gasteiger partial charge in [-0.1, -0.05) is 33.2 Å². The van der Waals surface area contributed by atoms with E-state index < -0.39 is 0 Å². The minimum Gasteiger partial charge on any atom is -0.493 e. The average molecular weight is 476 g/mol. The summed E-state index contributed by atoms with van der Waals surface area (Å²) < 4.78 is 22.2. The zero-order chi connectivity index (χ0) is 21.5. The molecule has 0 atom stereocenters. The van der Waals surface area contributed by atoms with Crippen LogP contribution in [0.3, 0.4) is 0 Å². The van der Waals surface area contributed by atoms with Gasteiger partial charge in [-0.15, -0.1) is 0 Å². The van der Waals surface area contributed by atoms with Crippen LogP contribution in [0.25, 0.3) is 0 Å². The number of halogens is 1. The summed E-state index contributed by atoms with van der Waals surface area (Å²) in [5.41, 5.74) is 1.43. The molecule has 0 bridgehead atoms. The highest BCUT2D eigenvalue weighted by Crippen LogP contribution is 2.33. The number of para-hydroxylation sites is 1. The Kier molecular flexibility index (Phi) is 7.29. The van der Waals surface area contributed by atoms with Gasteiger partial charge >= 0.3 is 0 Å². The third kappa shape index (κ3) is 5.29. The van der Waals surface area contributed by atoms with Crippen molar-refractivity contribution in [3.05, 3.63) is 63.7 Å². The van der Waals surface area contributed by atoms with Crippen LogP contribution in [0.15, 0.2) is 45.4 Å². The maximum absolute atomic E-state index is 12.7. The predicted molar refractivity (Wildman–Crippen MR) is 113 cm³/mol. The van der Waals surface area contributed by atoms with E-state index in [4.69, 9.17) is 18.7 Å². The lowest BCUT2D eigenvalue weighted by Gasteiger charge is -2.13. The molecule has 1 heterocycles. The standard InChI is InChI=1S/C21H22BrN3O5/c1-13-24-20(25-30-13)12-29-17-7-5-4-6-15(17)21(26)23-9-8-14-10-18(27-2)19(28-3)11-16(14)22/h4-7,10-11H,8-9,12H2,1-3H3,(H,23,26). The summed E-state index contributed by atoms with van der Waals surface area (Å²) in [7, 11) is 3.17. The second kappa shape index (κ2) is 10.1. The van der Waals surface area contributed by atoms with Gasteiger partial charge in [0.25, 0.3) is 5.91 Å². The van der Waals surface area contributed by atoms with Crippen LogP contribution in [0, 0.1) is 6.92 Å². The fourth-order valence-corrected chi connectivity index (χ4v) is 3.34. The van der Waals surface area contributed by atoms with Crippen molar-refractivity contribution in [2.45, 2.75) is 20.0 Å².